The number of benzene rings is 9. The van der Waals surface area contributed by atoms with Crippen LogP contribution in [0.25, 0.3) is 115 Å². The third kappa shape index (κ3) is 5.02. The Hall–Kier alpha value is -7.47. The molecule has 12 aromatic rings. The highest BCUT2D eigenvalue weighted by molar-refractivity contribution is 7.26. The molecule has 0 saturated carbocycles. The zero-order valence-corrected chi connectivity index (χ0v) is 34.3. The molecule has 0 radical (unpaired) electrons. The quantitative estimate of drug-likeness (QED) is 0.178. The van der Waals surface area contributed by atoms with Crippen LogP contribution in [0.3, 0.4) is 0 Å². The van der Waals surface area contributed by atoms with Gasteiger partial charge in [0.15, 0.2) is 17.5 Å². The van der Waals surface area contributed by atoms with Gasteiger partial charge in [0.05, 0.1) is 21.4 Å². The fraction of sp³-hybridized carbons (Fsp3) is 0.0536. The highest BCUT2D eigenvalue weighted by Crippen LogP contribution is 2.50. The van der Waals surface area contributed by atoms with Crippen LogP contribution in [0.15, 0.2) is 182 Å². The van der Waals surface area contributed by atoms with Crippen LogP contribution in [0.4, 0.5) is 0 Å². The smallest absolute Gasteiger partial charge is 0.164 e. The number of hydrogen-bond donors (Lipinski definition) is 0. The standard InChI is InChI=1S/C56H36N4S/c1-56(2)44-21-11-10-19-40(44)41-27-23-36(31-45(41)56)54-57-53(35-15-4-3-5-16-35)58-55(59-54)37-24-28-42-43-20-12-22-48(52(43)61-49(42)32-37)60-46-29-25-33-13-6-8-17-38(33)50(46)51-39-18-9-7-14-34(39)26-30-47(51)60/h3-32H,1-2H3. The molecule has 5 heteroatoms. The molecule has 13 rings (SSSR count). The summed E-state index contributed by atoms with van der Waals surface area (Å²) < 4.78 is 4.93. The van der Waals surface area contributed by atoms with Crippen molar-refractivity contribution in [2.45, 2.75) is 19.3 Å². The first-order valence-electron chi connectivity index (χ1n) is 20.9. The highest BCUT2D eigenvalue weighted by atomic mass is 32.1. The van der Waals surface area contributed by atoms with E-state index in [2.05, 4.69) is 182 Å². The number of fused-ring (bicyclic) bond motifs is 13. The van der Waals surface area contributed by atoms with E-state index in [1.165, 1.54) is 91.5 Å². The summed E-state index contributed by atoms with van der Waals surface area (Å²) in [5, 5.41) is 10.1. The Bertz CT molecular complexity index is 3710. The van der Waals surface area contributed by atoms with Gasteiger partial charge < -0.3 is 4.57 Å². The minimum Gasteiger partial charge on any atom is -0.308 e. The lowest BCUT2D eigenvalue weighted by Crippen LogP contribution is -2.15. The summed E-state index contributed by atoms with van der Waals surface area (Å²) in [5.74, 6) is 1.99. The van der Waals surface area contributed by atoms with E-state index in [9.17, 15) is 0 Å². The highest BCUT2D eigenvalue weighted by Gasteiger charge is 2.35. The molecular weight excluding hydrogens is 761 g/mol. The van der Waals surface area contributed by atoms with E-state index in [0.717, 1.165) is 16.7 Å². The second-order valence-electron chi connectivity index (χ2n) is 16.8. The maximum Gasteiger partial charge on any atom is 0.164 e. The van der Waals surface area contributed by atoms with E-state index >= 15 is 0 Å². The minimum absolute atomic E-state index is 0.133. The summed E-state index contributed by atoms with van der Waals surface area (Å²) in [6, 6.07) is 65.8. The molecule has 9 aromatic carbocycles. The van der Waals surface area contributed by atoms with E-state index in [4.69, 9.17) is 15.0 Å². The molecule has 61 heavy (non-hydrogen) atoms. The van der Waals surface area contributed by atoms with Crippen LogP contribution in [0.2, 0.25) is 0 Å². The molecule has 1 aliphatic rings. The van der Waals surface area contributed by atoms with E-state index in [1.54, 1.807) is 0 Å². The fourth-order valence-corrected chi connectivity index (χ4v) is 11.3. The van der Waals surface area contributed by atoms with E-state index in [1.807, 2.05) is 29.5 Å². The third-order valence-corrected chi connectivity index (χ3v) is 14.2. The molecule has 0 N–H and O–H groups in total. The topological polar surface area (TPSA) is 43.6 Å². The van der Waals surface area contributed by atoms with Gasteiger partial charge in [0, 0.05) is 48.4 Å². The zero-order chi connectivity index (χ0) is 40.4. The monoisotopic (exact) mass is 796 g/mol. The largest absolute Gasteiger partial charge is 0.308 e. The van der Waals surface area contributed by atoms with Gasteiger partial charge in [0.25, 0.3) is 0 Å². The first-order chi connectivity index (χ1) is 30.0. The van der Waals surface area contributed by atoms with Crippen molar-refractivity contribution in [2.75, 3.05) is 0 Å². The van der Waals surface area contributed by atoms with Crippen LogP contribution in [0.1, 0.15) is 25.0 Å². The molecule has 0 bridgehead atoms. The van der Waals surface area contributed by atoms with Crippen LogP contribution in [-0.2, 0) is 5.41 Å². The fourth-order valence-electron chi connectivity index (χ4n) is 10.1. The van der Waals surface area contributed by atoms with Gasteiger partial charge in [0.1, 0.15) is 0 Å². The average molecular weight is 797 g/mol. The normalized spacial score (nSPS) is 13.2. The second kappa shape index (κ2) is 12.8. The third-order valence-electron chi connectivity index (χ3n) is 13.0. The summed E-state index contributed by atoms with van der Waals surface area (Å²) in [7, 11) is 0. The molecule has 286 valence electrons. The number of nitrogens with zero attached hydrogens (tertiary/aromatic N) is 4. The van der Waals surface area contributed by atoms with Crippen LogP contribution in [-0.4, -0.2) is 19.5 Å². The number of aromatic nitrogens is 4. The Morgan fingerprint density at radius 1 is 0.426 bits per heavy atom. The predicted octanol–water partition coefficient (Wildman–Crippen LogP) is 15.0. The van der Waals surface area contributed by atoms with Crippen molar-refractivity contribution in [1.82, 2.24) is 19.5 Å². The molecule has 0 spiro atoms. The predicted molar refractivity (Wildman–Crippen MR) is 256 cm³/mol. The SMILES string of the molecule is CC1(C)c2ccccc2-c2ccc(-c3nc(-c4ccccc4)nc(-c4ccc5c(c4)sc4c(-n6c7ccc8ccccc8c7c7c8ccccc8ccc76)cccc45)n3)cc21. The lowest BCUT2D eigenvalue weighted by molar-refractivity contribution is 0.660. The van der Waals surface area contributed by atoms with Crippen LogP contribution in [0, 0.1) is 0 Å². The number of rotatable bonds is 4. The Morgan fingerprint density at radius 3 is 1.72 bits per heavy atom. The van der Waals surface area contributed by atoms with Gasteiger partial charge in [-0.25, -0.2) is 15.0 Å². The number of thiophene rings is 1. The van der Waals surface area contributed by atoms with Crippen molar-refractivity contribution >= 4 is 74.9 Å². The van der Waals surface area contributed by atoms with Gasteiger partial charge in [-0.05, 0) is 74.1 Å². The maximum absolute atomic E-state index is 5.24. The second-order valence-corrected chi connectivity index (χ2v) is 17.8. The molecule has 0 atom stereocenters. The van der Waals surface area contributed by atoms with Crippen molar-refractivity contribution in [1.29, 1.82) is 0 Å². The van der Waals surface area contributed by atoms with E-state index in [-0.39, 0.29) is 5.41 Å². The van der Waals surface area contributed by atoms with Crippen molar-refractivity contribution in [3.8, 4) is 51.0 Å². The van der Waals surface area contributed by atoms with E-state index in [0.29, 0.717) is 17.5 Å². The minimum atomic E-state index is -0.133. The zero-order valence-electron chi connectivity index (χ0n) is 33.5. The summed E-state index contributed by atoms with van der Waals surface area (Å²) in [6.07, 6.45) is 0. The summed E-state index contributed by atoms with van der Waals surface area (Å²) in [5.41, 5.74) is 11.6. The Balaban J connectivity index is 1.000. The van der Waals surface area contributed by atoms with Crippen molar-refractivity contribution in [3.05, 3.63) is 193 Å². The van der Waals surface area contributed by atoms with Gasteiger partial charge in [-0.1, -0.05) is 166 Å². The molecule has 0 aliphatic heterocycles. The molecular formula is C56H36N4S. The van der Waals surface area contributed by atoms with Crippen LogP contribution < -0.4 is 0 Å². The van der Waals surface area contributed by atoms with E-state index < -0.39 is 0 Å². The van der Waals surface area contributed by atoms with Crippen molar-refractivity contribution in [2.24, 2.45) is 0 Å². The van der Waals surface area contributed by atoms with Gasteiger partial charge >= 0.3 is 0 Å². The van der Waals surface area contributed by atoms with Gasteiger partial charge in [-0.15, -0.1) is 11.3 Å². The van der Waals surface area contributed by atoms with Crippen LogP contribution >= 0.6 is 11.3 Å². The molecule has 4 nitrogen and oxygen atoms in total. The molecule has 3 heterocycles. The molecule has 0 unspecified atom stereocenters. The lowest BCUT2D eigenvalue weighted by Gasteiger charge is -2.21. The Labute approximate surface area is 356 Å². The first kappa shape index (κ1) is 34.4. The molecule has 3 aromatic heterocycles. The molecule has 1 aliphatic carbocycles. The van der Waals surface area contributed by atoms with Gasteiger partial charge in [-0.3, -0.25) is 0 Å². The summed E-state index contributed by atoms with van der Waals surface area (Å²) in [4.78, 5) is 15.5. The van der Waals surface area contributed by atoms with Gasteiger partial charge in [0.2, 0.25) is 0 Å². The molecule has 0 amide bonds. The molecule has 0 saturated heterocycles. The number of hydrogen-bond acceptors (Lipinski definition) is 4. The molecule has 0 fully saturated rings. The first-order valence-corrected chi connectivity index (χ1v) is 21.7. The van der Waals surface area contributed by atoms with Crippen molar-refractivity contribution < 1.29 is 0 Å². The van der Waals surface area contributed by atoms with Crippen molar-refractivity contribution in [3.63, 3.8) is 0 Å². The Kier molecular flexibility index (Phi) is 7.20. The van der Waals surface area contributed by atoms with Crippen LogP contribution in [0.5, 0.6) is 0 Å². The Morgan fingerprint density at radius 2 is 1.00 bits per heavy atom. The summed E-state index contributed by atoms with van der Waals surface area (Å²) >= 11 is 1.84. The average Bonchev–Trinajstić information content (AvgIpc) is 3.94. The maximum atomic E-state index is 5.24. The van der Waals surface area contributed by atoms with Gasteiger partial charge in [-0.2, -0.15) is 0 Å². The summed E-state index contributed by atoms with van der Waals surface area (Å²) in [6.45, 7) is 4.62. The lowest BCUT2D eigenvalue weighted by atomic mass is 9.82.